The molecule has 0 radical (unpaired) electrons. The van der Waals surface area contributed by atoms with E-state index < -0.39 is 10.0 Å². The quantitative estimate of drug-likeness (QED) is 0.553. The van der Waals surface area contributed by atoms with Crippen molar-refractivity contribution in [2.24, 2.45) is 10.2 Å². The molecule has 10 heteroatoms. The highest BCUT2D eigenvalue weighted by atomic mass is 35.5. The van der Waals surface area contributed by atoms with Crippen LogP contribution in [-0.4, -0.2) is 25.5 Å². The first-order valence-electron chi connectivity index (χ1n) is 8.51. The molecule has 0 aliphatic rings. The second kappa shape index (κ2) is 8.97. The number of aromatic nitrogens is 2. The highest BCUT2D eigenvalue weighted by molar-refractivity contribution is 7.92. The van der Waals surface area contributed by atoms with Crippen molar-refractivity contribution >= 4 is 33.4 Å². The number of sulfonamides is 1. The van der Waals surface area contributed by atoms with Crippen LogP contribution in [0.1, 0.15) is 11.3 Å². The molecule has 3 rings (SSSR count). The van der Waals surface area contributed by atoms with E-state index in [4.69, 9.17) is 16.3 Å². The second-order valence-electron chi connectivity index (χ2n) is 5.97. The summed E-state index contributed by atoms with van der Waals surface area (Å²) in [4.78, 5) is 8.15. The molecule has 0 amide bonds. The van der Waals surface area contributed by atoms with Crippen LogP contribution in [0.2, 0.25) is 5.02 Å². The van der Waals surface area contributed by atoms with Crippen LogP contribution in [0.15, 0.2) is 69.7 Å². The average Bonchev–Trinajstić information content (AvgIpc) is 2.68. The van der Waals surface area contributed by atoms with E-state index in [1.54, 1.807) is 32.2 Å². The lowest BCUT2D eigenvalue weighted by atomic mass is 10.2. The first-order valence-corrected chi connectivity index (χ1v) is 10.4. The minimum atomic E-state index is -3.94. The number of hydrogen-bond donors (Lipinski definition) is 1. The standard InChI is InChI=1S/C19H18ClN5O3S/c1-13-11-18(24-21-12-14-7-9-15(28-2)10-8-14)23-19(22-13)25-29(26,27)17-6-4-3-5-16(17)20/h3-11H,12H2,1-2H3,(H,22,23,25). The summed E-state index contributed by atoms with van der Waals surface area (Å²) >= 11 is 5.98. The molecule has 0 saturated heterocycles. The third-order valence-electron chi connectivity index (χ3n) is 3.78. The fraction of sp³-hybridized carbons (Fsp3) is 0.158. The number of nitrogens with zero attached hydrogens (tertiary/aromatic N) is 4. The lowest BCUT2D eigenvalue weighted by Crippen LogP contribution is -2.15. The molecule has 0 bridgehead atoms. The molecule has 0 fully saturated rings. The molecular formula is C19H18ClN5O3S. The Morgan fingerprint density at radius 3 is 2.52 bits per heavy atom. The fourth-order valence-electron chi connectivity index (χ4n) is 2.41. The van der Waals surface area contributed by atoms with Crippen molar-refractivity contribution in [3.8, 4) is 5.75 Å². The van der Waals surface area contributed by atoms with Crippen LogP contribution in [0.3, 0.4) is 0 Å². The Hall–Kier alpha value is -3.04. The fourth-order valence-corrected chi connectivity index (χ4v) is 3.87. The lowest BCUT2D eigenvalue weighted by molar-refractivity contribution is 0.414. The summed E-state index contributed by atoms with van der Waals surface area (Å²) in [6, 6.07) is 15.1. The number of methoxy groups -OCH3 is 1. The van der Waals surface area contributed by atoms with E-state index in [-0.39, 0.29) is 21.7 Å². The van der Waals surface area contributed by atoms with Crippen LogP contribution in [0, 0.1) is 6.92 Å². The van der Waals surface area contributed by atoms with E-state index in [1.807, 2.05) is 24.3 Å². The highest BCUT2D eigenvalue weighted by Crippen LogP contribution is 2.23. The van der Waals surface area contributed by atoms with Gasteiger partial charge in [0.2, 0.25) is 5.95 Å². The smallest absolute Gasteiger partial charge is 0.265 e. The number of rotatable bonds is 7. The third-order valence-corrected chi connectivity index (χ3v) is 5.61. The third kappa shape index (κ3) is 5.49. The first-order chi connectivity index (χ1) is 13.9. The van der Waals surface area contributed by atoms with Gasteiger partial charge in [0.05, 0.1) is 18.7 Å². The van der Waals surface area contributed by atoms with Crippen LogP contribution in [0.5, 0.6) is 5.75 Å². The summed E-state index contributed by atoms with van der Waals surface area (Å²) < 4.78 is 32.6. The minimum absolute atomic E-state index is 0.0607. The Bertz CT molecular complexity index is 1130. The van der Waals surface area contributed by atoms with Gasteiger partial charge in [-0.1, -0.05) is 35.9 Å². The van der Waals surface area contributed by atoms with Crippen LogP contribution in [0.4, 0.5) is 11.8 Å². The zero-order chi connectivity index (χ0) is 20.9. The molecule has 1 N–H and O–H groups in total. The second-order valence-corrected chi connectivity index (χ2v) is 8.03. The van der Waals surface area contributed by atoms with E-state index in [1.165, 1.54) is 12.1 Å². The number of azo groups is 1. The van der Waals surface area contributed by atoms with E-state index in [9.17, 15) is 8.42 Å². The van der Waals surface area contributed by atoms with Gasteiger partial charge in [0.15, 0.2) is 5.82 Å². The summed E-state index contributed by atoms with van der Waals surface area (Å²) in [5.41, 5.74) is 1.48. The first kappa shape index (κ1) is 20.7. The van der Waals surface area contributed by atoms with Crippen LogP contribution >= 0.6 is 11.6 Å². The van der Waals surface area contributed by atoms with Gasteiger partial charge in [-0.2, -0.15) is 10.1 Å². The Kier molecular flexibility index (Phi) is 6.40. The zero-order valence-electron chi connectivity index (χ0n) is 15.7. The van der Waals surface area contributed by atoms with Crippen molar-refractivity contribution < 1.29 is 13.2 Å². The molecule has 0 aliphatic carbocycles. The van der Waals surface area contributed by atoms with E-state index >= 15 is 0 Å². The van der Waals surface area contributed by atoms with Gasteiger partial charge in [-0.25, -0.2) is 18.1 Å². The summed E-state index contributed by atoms with van der Waals surface area (Å²) in [5.74, 6) is 0.888. The average molecular weight is 432 g/mol. The number of benzene rings is 2. The molecule has 8 nitrogen and oxygen atoms in total. The predicted molar refractivity (Wildman–Crippen MR) is 110 cm³/mol. The molecule has 0 atom stereocenters. The van der Waals surface area contributed by atoms with Gasteiger partial charge in [-0.15, -0.1) is 5.11 Å². The number of aryl methyl sites for hydroxylation is 1. The normalized spacial score (nSPS) is 11.6. The predicted octanol–water partition coefficient (Wildman–Crippen LogP) is 4.53. The zero-order valence-corrected chi connectivity index (χ0v) is 17.3. The molecular weight excluding hydrogens is 414 g/mol. The van der Waals surface area contributed by atoms with Crippen LogP contribution < -0.4 is 9.46 Å². The van der Waals surface area contributed by atoms with Crippen LogP contribution in [0.25, 0.3) is 0 Å². The molecule has 1 aromatic heterocycles. The van der Waals surface area contributed by atoms with Crippen molar-refractivity contribution in [2.75, 3.05) is 11.8 Å². The Morgan fingerprint density at radius 2 is 1.83 bits per heavy atom. The number of anilines is 1. The summed E-state index contributed by atoms with van der Waals surface area (Å²) in [6.07, 6.45) is 0. The van der Waals surface area contributed by atoms with Crippen molar-refractivity contribution in [2.45, 2.75) is 18.4 Å². The number of halogens is 1. The minimum Gasteiger partial charge on any atom is -0.497 e. The highest BCUT2D eigenvalue weighted by Gasteiger charge is 2.19. The number of nitrogens with one attached hydrogen (secondary N) is 1. The Morgan fingerprint density at radius 1 is 1.10 bits per heavy atom. The molecule has 0 unspecified atom stereocenters. The molecule has 0 saturated carbocycles. The molecule has 0 aliphatic heterocycles. The Balaban J connectivity index is 1.76. The van der Waals surface area contributed by atoms with Crippen molar-refractivity contribution in [3.05, 3.63) is 70.9 Å². The summed E-state index contributed by atoms with van der Waals surface area (Å²) in [5, 5.41) is 8.29. The van der Waals surface area contributed by atoms with Crippen molar-refractivity contribution in [1.29, 1.82) is 0 Å². The molecule has 1 heterocycles. The molecule has 29 heavy (non-hydrogen) atoms. The van der Waals surface area contributed by atoms with E-state index in [2.05, 4.69) is 24.9 Å². The van der Waals surface area contributed by atoms with Gasteiger partial charge >= 0.3 is 0 Å². The van der Waals surface area contributed by atoms with Crippen molar-refractivity contribution in [1.82, 2.24) is 9.97 Å². The van der Waals surface area contributed by atoms with Gasteiger partial charge in [-0.05, 0) is 36.8 Å². The SMILES string of the molecule is COc1ccc(CN=Nc2cc(C)nc(NS(=O)(=O)c3ccccc3Cl)n2)cc1. The summed E-state index contributed by atoms with van der Waals surface area (Å²) in [6.45, 7) is 2.05. The van der Waals surface area contributed by atoms with Gasteiger partial charge < -0.3 is 4.74 Å². The monoisotopic (exact) mass is 431 g/mol. The van der Waals surface area contributed by atoms with Crippen LogP contribution in [-0.2, 0) is 16.6 Å². The maximum absolute atomic E-state index is 12.6. The number of hydrogen-bond acceptors (Lipinski definition) is 7. The Labute approximate surface area is 173 Å². The van der Waals surface area contributed by atoms with E-state index in [0.717, 1.165) is 11.3 Å². The van der Waals surface area contributed by atoms with Gasteiger partial charge in [-0.3, -0.25) is 0 Å². The van der Waals surface area contributed by atoms with E-state index in [0.29, 0.717) is 12.2 Å². The number of ether oxygens (including phenoxy) is 1. The molecule has 2 aromatic carbocycles. The largest absolute Gasteiger partial charge is 0.497 e. The van der Waals surface area contributed by atoms with Crippen molar-refractivity contribution in [3.63, 3.8) is 0 Å². The maximum Gasteiger partial charge on any atom is 0.265 e. The summed E-state index contributed by atoms with van der Waals surface area (Å²) in [7, 11) is -2.34. The lowest BCUT2D eigenvalue weighted by Gasteiger charge is -2.08. The van der Waals surface area contributed by atoms with Gasteiger partial charge in [0.1, 0.15) is 10.6 Å². The molecule has 150 valence electrons. The van der Waals surface area contributed by atoms with Gasteiger partial charge in [0, 0.05) is 11.8 Å². The van der Waals surface area contributed by atoms with Gasteiger partial charge in [0.25, 0.3) is 10.0 Å². The molecule has 0 spiro atoms. The maximum atomic E-state index is 12.6. The molecule has 3 aromatic rings. The topological polar surface area (TPSA) is 106 Å².